The predicted molar refractivity (Wildman–Crippen MR) is 99.5 cm³/mol. The number of alkyl halides is 2. The van der Waals surface area contributed by atoms with Crippen LogP contribution in [0.5, 0.6) is 5.75 Å². The van der Waals surface area contributed by atoms with Crippen molar-refractivity contribution in [2.24, 2.45) is 23.7 Å². The summed E-state index contributed by atoms with van der Waals surface area (Å²) in [5.41, 5.74) is 0. The molecule has 2 saturated carbocycles. The van der Waals surface area contributed by atoms with Crippen molar-refractivity contribution in [2.75, 3.05) is 0 Å². The number of halogens is 4. The number of hydrogen-bond acceptors (Lipinski definition) is 1. The fourth-order valence-corrected chi connectivity index (χ4v) is 4.46. The summed E-state index contributed by atoms with van der Waals surface area (Å²) in [6.07, 6.45) is 4.05. The first kappa shape index (κ1) is 21.0. The van der Waals surface area contributed by atoms with Gasteiger partial charge in [0.1, 0.15) is 5.75 Å². The Balaban J connectivity index is 0.00000243. The number of hydrogen-bond donors (Lipinski definition) is 0. The SMILES string of the molecule is C.CC1CCC(C2CCC(C(F)(F)Oc3ccc(F)c(F)c3)CC2)CC1.[HH].[HH]. The van der Waals surface area contributed by atoms with Gasteiger partial charge in [-0.3, -0.25) is 0 Å². The van der Waals surface area contributed by atoms with Gasteiger partial charge >= 0.3 is 6.11 Å². The van der Waals surface area contributed by atoms with Crippen LogP contribution in [0.4, 0.5) is 17.6 Å². The van der Waals surface area contributed by atoms with E-state index in [0.717, 1.165) is 30.9 Å². The van der Waals surface area contributed by atoms with Crippen LogP contribution in [-0.2, 0) is 0 Å². The van der Waals surface area contributed by atoms with Gasteiger partial charge in [-0.2, -0.15) is 8.78 Å². The maximum Gasteiger partial charge on any atom is 0.400 e. The molecule has 0 heterocycles. The van der Waals surface area contributed by atoms with E-state index in [1.165, 1.54) is 25.7 Å². The van der Waals surface area contributed by atoms with Crippen molar-refractivity contribution in [1.29, 1.82) is 0 Å². The Kier molecular flexibility index (Phi) is 6.98. The molecule has 3 rings (SSSR count). The van der Waals surface area contributed by atoms with Crippen molar-refractivity contribution in [2.45, 2.75) is 71.8 Å². The normalized spacial score (nSPS) is 29.7. The highest BCUT2D eigenvalue weighted by Crippen LogP contribution is 2.45. The highest BCUT2D eigenvalue weighted by atomic mass is 19.3. The average Bonchev–Trinajstić information content (AvgIpc) is 2.59. The minimum Gasteiger partial charge on any atom is -0.432 e. The van der Waals surface area contributed by atoms with Crippen LogP contribution in [0.25, 0.3) is 0 Å². The largest absolute Gasteiger partial charge is 0.432 e. The van der Waals surface area contributed by atoms with E-state index in [0.29, 0.717) is 30.7 Å². The Labute approximate surface area is 157 Å². The second-order valence-corrected chi connectivity index (χ2v) is 7.87. The van der Waals surface area contributed by atoms with Gasteiger partial charge < -0.3 is 4.74 Å². The molecule has 0 aromatic heterocycles. The molecule has 2 fully saturated rings. The molecule has 1 aromatic rings. The second-order valence-electron chi connectivity index (χ2n) is 7.87. The lowest BCUT2D eigenvalue weighted by molar-refractivity contribution is -0.224. The average molecular weight is 378 g/mol. The molecule has 1 aromatic carbocycles. The molecule has 5 heteroatoms. The first-order chi connectivity index (χ1) is 11.8. The maximum absolute atomic E-state index is 14.4. The fraction of sp³-hybridized carbons (Fsp3) is 0.714. The summed E-state index contributed by atoms with van der Waals surface area (Å²) >= 11 is 0. The lowest BCUT2D eigenvalue weighted by atomic mass is 9.69. The van der Waals surface area contributed by atoms with E-state index in [2.05, 4.69) is 6.92 Å². The smallest absolute Gasteiger partial charge is 0.400 e. The quantitative estimate of drug-likeness (QED) is 0.488. The van der Waals surface area contributed by atoms with Crippen LogP contribution < -0.4 is 4.74 Å². The van der Waals surface area contributed by atoms with Crippen molar-refractivity contribution in [3.8, 4) is 5.75 Å². The third-order valence-electron chi connectivity index (χ3n) is 6.12. The van der Waals surface area contributed by atoms with Crippen LogP contribution in [0.1, 0.15) is 68.6 Å². The van der Waals surface area contributed by atoms with Crippen LogP contribution in [0.15, 0.2) is 18.2 Å². The summed E-state index contributed by atoms with van der Waals surface area (Å²) in [5, 5.41) is 0. The summed E-state index contributed by atoms with van der Waals surface area (Å²) in [4.78, 5) is 0. The molecule has 0 atom stereocenters. The Bertz CT molecular complexity index is 584. The van der Waals surface area contributed by atoms with E-state index in [1.54, 1.807) is 0 Å². The van der Waals surface area contributed by atoms with Gasteiger partial charge in [-0.15, -0.1) is 0 Å². The summed E-state index contributed by atoms with van der Waals surface area (Å²) in [5.74, 6) is -1.42. The van der Waals surface area contributed by atoms with E-state index >= 15 is 0 Å². The van der Waals surface area contributed by atoms with Crippen LogP contribution >= 0.6 is 0 Å². The minimum absolute atomic E-state index is 0. The maximum atomic E-state index is 14.4. The van der Waals surface area contributed by atoms with Crippen LogP contribution in [-0.4, -0.2) is 6.11 Å². The fourth-order valence-electron chi connectivity index (χ4n) is 4.46. The summed E-state index contributed by atoms with van der Waals surface area (Å²) < 4.78 is 59.6. The van der Waals surface area contributed by atoms with Gasteiger partial charge in [-0.05, 0) is 68.4 Å². The zero-order valence-electron chi connectivity index (χ0n) is 14.6. The van der Waals surface area contributed by atoms with Gasteiger partial charge in [0.05, 0.1) is 5.92 Å². The summed E-state index contributed by atoms with van der Waals surface area (Å²) in [7, 11) is 0. The predicted octanol–water partition coefficient (Wildman–Crippen LogP) is 7.70. The summed E-state index contributed by atoms with van der Waals surface area (Å²) in [6, 6.07) is 2.53. The first-order valence-corrected chi connectivity index (χ1v) is 9.37. The molecule has 26 heavy (non-hydrogen) atoms. The lowest BCUT2D eigenvalue weighted by Crippen LogP contribution is -2.38. The van der Waals surface area contributed by atoms with Crippen molar-refractivity contribution in [3.05, 3.63) is 29.8 Å². The molecule has 0 bridgehead atoms. The molecule has 0 aliphatic heterocycles. The monoisotopic (exact) mass is 378 g/mol. The van der Waals surface area contributed by atoms with Crippen molar-refractivity contribution in [1.82, 2.24) is 0 Å². The summed E-state index contributed by atoms with van der Waals surface area (Å²) in [6.45, 7) is 2.28. The van der Waals surface area contributed by atoms with Crippen LogP contribution in [0, 0.1) is 35.3 Å². The first-order valence-electron chi connectivity index (χ1n) is 9.37. The highest BCUT2D eigenvalue weighted by molar-refractivity contribution is 5.24. The van der Waals surface area contributed by atoms with Gasteiger partial charge in [0.25, 0.3) is 0 Å². The van der Waals surface area contributed by atoms with Gasteiger partial charge in [0, 0.05) is 8.92 Å². The van der Waals surface area contributed by atoms with E-state index in [9.17, 15) is 17.6 Å². The van der Waals surface area contributed by atoms with Gasteiger partial charge in [-0.1, -0.05) is 27.2 Å². The second kappa shape index (κ2) is 8.62. The third kappa shape index (κ3) is 4.92. The molecule has 0 N–H and O–H groups in total. The Morgan fingerprint density at radius 3 is 1.96 bits per heavy atom. The third-order valence-corrected chi connectivity index (χ3v) is 6.12. The molecular weight excluding hydrogens is 344 g/mol. The van der Waals surface area contributed by atoms with E-state index < -0.39 is 23.7 Å². The lowest BCUT2D eigenvalue weighted by Gasteiger charge is -2.38. The Hall–Kier alpha value is -1.26. The number of benzene rings is 1. The molecule has 1 nitrogen and oxygen atoms in total. The minimum atomic E-state index is -3.35. The standard InChI is InChI=1S/C20H26F4O.CH4.2H2/c1-13-2-4-14(5-3-13)15-6-8-16(9-7-15)20(23,24)25-17-10-11-18(21)19(22)12-17;;;/h10-16H,2-9H2,1H3;1H4;2*1H. The molecule has 0 radical (unpaired) electrons. The van der Waals surface area contributed by atoms with Gasteiger partial charge in [0.2, 0.25) is 0 Å². The Morgan fingerprint density at radius 1 is 0.885 bits per heavy atom. The molecule has 0 spiro atoms. The number of ether oxygens (including phenoxy) is 1. The van der Waals surface area contributed by atoms with E-state index in [4.69, 9.17) is 4.74 Å². The molecule has 152 valence electrons. The van der Waals surface area contributed by atoms with E-state index in [1.807, 2.05) is 0 Å². The zero-order chi connectivity index (χ0) is 18.0. The van der Waals surface area contributed by atoms with Crippen molar-refractivity contribution in [3.63, 3.8) is 0 Å². The number of rotatable bonds is 4. The van der Waals surface area contributed by atoms with Crippen molar-refractivity contribution < 1.29 is 25.2 Å². The molecule has 2 aliphatic rings. The molecule has 0 unspecified atom stereocenters. The van der Waals surface area contributed by atoms with Gasteiger partial charge in [0.15, 0.2) is 11.6 Å². The molecule has 2 aliphatic carbocycles. The van der Waals surface area contributed by atoms with Gasteiger partial charge in [-0.25, -0.2) is 8.78 Å². The van der Waals surface area contributed by atoms with E-state index in [-0.39, 0.29) is 16.0 Å². The Morgan fingerprint density at radius 2 is 1.42 bits per heavy atom. The highest BCUT2D eigenvalue weighted by Gasteiger charge is 2.45. The molecule has 0 amide bonds. The topological polar surface area (TPSA) is 9.23 Å². The zero-order valence-corrected chi connectivity index (χ0v) is 14.6. The molecular formula is C21H34F4O. The van der Waals surface area contributed by atoms with Crippen LogP contribution in [0.3, 0.4) is 0 Å². The van der Waals surface area contributed by atoms with Crippen molar-refractivity contribution >= 4 is 0 Å². The molecule has 0 saturated heterocycles. The van der Waals surface area contributed by atoms with Crippen LogP contribution in [0.2, 0.25) is 0 Å².